The monoisotopic (exact) mass is 357 g/mol. The molecule has 5 nitrogen and oxygen atoms in total. The highest BCUT2D eigenvalue weighted by Crippen LogP contribution is 2.26. The number of halogens is 1. The lowest BCUT2D eigenvalue weighted by atomic mass is 9.97. The first kappa shape index (κ1) is 19.4. The summed E-state index contributed by atoms with van der Waals surface area (Å²) < 4.78 is 14.0. The smallest absolute Gasteiger partial charge is 0.312 e. The van der Waals surface area contributed by atoms with Crippen molar-refractivity contribution in [3.8, 4) is 0 Å². The molecule has 2 aromatic carbocycles. The van der Waals surface area contributed by atoms with E-state index >= 15 is 0 Å². The van der Waals surface area contributed by atoms with E-state index in [0.717, 1.165) is 11.1 Å². The first-order chi connectivity index (χ1) is 12.3. The molecular weight excluding hydrogens is 333 g/mol. The third kappa shape index (κ3) is 4.59. The van der Waals surface area contributed by atoms with Crippen LogP contribution in [0.15, 0.2) is 48.5 Å². The van der Waals surface area contributed by atoms with Crippen molar-refractivity contribution in [3.05, 3.63) is 71.0 Å². The van der Waals surface area contributed by atoms with Crippen molar-refractivity contribution in [2.45, 2.75) is 32.4 Å². The van der Waals surface area contributed by atoms with Crippen LogP contribution in [-0.2, 0) is 4.79 Å². The molecule has 0 fully saturated rings. The van der Waals surface area contributed by atoms with Gasteiger partial charge in [-0.3, -0.25) is 4.79 Å². The van der Waals surface area contributed by atoms with E-state index < -0.39 is 18.1 Å². The van der Waals surface area contributed by atoms with Crippen LogP contribution in [0.2, 0.25) is 0 Å². The highest BCUT2D eigenvalue weighted by molar-refractivity contribution is 5.79. The predicted molar refractivity (Wildman–Crippen MR) is 98.8 cm³/mol. The van der Waals surface area contributed by atoms with Gasteiger partial charge < -0.3 is 16.0 Å². The molecule has 26 heavy (non-hydrogen) atoms. The number of rotatable bonds is 6. The minimum atomic E-state index is -0.698. The number of amides is 3. The molecule has 2 rings (SSSR count). The fraction of sp³-hybridized carbons (Fsp3) is 0.300. The summed E-state index contributed by atoms with van der Waals surface area (Å²) >= 11 is 0. The molecule has 0 saturated carbocycles. The second-order valence-electron chi connectivity index (χ2n) is 6.32. The van der Waals surface area contributed by atoms with Crippen molar-refractivity contribution in [2.24, 2.45) is 5.73 Å². The summed E-state index contributed by atoms with van der Waals surface area (Å²) in [7, 11) is 1.62. The molecule has 0 spiro atoms. The van der Waals surface area contributed by atoms with E-state index in [4.69, 9.17) is 5.73 Å². The molecule has 0 aliphatic heterocycles. The first-order valence-corrected chi connectivity index (χ1v) is 8.42. The maximum absolute atomic E-state index is 14.0. The zero-order chi connectivity index (χ0) is 19.3. The number of nitrogens with one attached hydrogen (secondary N) is 1. The lowest BCUT2D eigenvalue weighted by molar-refractivity contribution is -0.132. The van der Waals surface area contributed by atoms with Crippen LogP contribution in [-0.4, -0.2) is 23.9 Å². The highest BCUT2D eigenvalue weighted by Gasteiger charge is 2.25. The Labute approximate surface area is 153 Å². The molecule has 0 saturated heterocycles. The summed E-state index contributed by atoms with van der Waals surface area (Å²) in [5, 5.41) is 2.63. The van der Waals surface area contributed by atoms with Crippen LogP contribution in [0.4, 0.5) is 9.18 Å². The van der Waals surface area contributed by atoms with Gasteiger partial charge in [-0.05, 0) is 31.0 Å². The van der Waals surface area contributed by atoms with Gasteiger partial charge >= 0.3 is 6.03 Å². The zero-order valence-corrected chi connectivity index (χ0v) is 15.2. The molecule has 138 valence electrons. The summed E-state index contributed by atoms with van der Waals surface area (Å²) in [4.78, 5) is 25.6. The normalized spacial score (nSPS) is 12.9. The van der Waals surface area contributed by atoms with E-state index in [-0.39, 0.29) is 18.1 Å². The second kappa shape index (κ2) is 8.47. The van der Waals surface area contributed by atoms with Crippen molar-refractivity contribution >= 4 is 11.9 Å². The van der Waals surface area contributed by atoms with Gasteiger partial charge in [0.15, 0.2) is 0 Å². The third-order valence-electron chi connectivity index (χ3n) is 4.59. The minimum Gasteiger partial charge on any atom is -0.352 e. The number of primary amides is 1. The number of carbonyl (C=O) groups is 2. The van der Waals surface area contributed by atoms with E-state index in [1.807, 2.05) is 31.2 Å². The molecule has 0 radical (unpaired) electrons. The van der Waals surface area contributed by atoms with Crippen LogP contribution >= 0.6 is 0 Å². The van der Waals surface area contributed by atoms with Crippen LogP contribution in [0, 0.1) is 12.7 Å². The molecule has 2 atom stereocenters. The highest BCUT2D eigenvalue weighted by atomic mass is 19.1. The summed E-state index contributed by atoms with van der Waals surface area (Å²) in [6, 6.07) is 12.2. The van der Waals surface area contributed by atoms with Gasteiger partial charge in [0, 0.05) is 12.6 Å². The van der Waals surface area contributed by atoms with Gasteiger partial charge in [0.25, 0.3) is 0 Å². The number of hydrogen-bond acceptors (Lipinski definition) is 2. The van der Waals surface area contributed by atoms with E-state index in [1.54, 1.807) is 32.2 Å². The fourth-order valence-electron chi connectivity index (χ4n) is 2.95. The van der Waals surface area contributed by atoms with Gasteiger partial charge in [-0.15, -0.1) is 0 Å². The molecule has 2 unspecified atom stereocenters. The van der Waals surface area contributed by atoms with E-state index in [0.29, 0.717) is 5.56 Å². The SMILES string of the molecule is Cc1ccccc1C(CC(=O)N(C)C(C)c1ccccc1F)NC(N)=O. The van der Waals surface area contributed by atoms with Crippen molar-refractivity contribution in [1.29, 1.82) is 0 Å². The Morgan fingerprint density at radius 3 is 2.27 bits per heavy atom. The molecule has 3 N–H and O–H groups in total. The molecule has 0 aromatic heterocycles. The molecule has 0 bridgehead atoms. The molecule has 2 aromatic rings. The van der Waals surface area contributed by atoms with Crippen LogP contribution < -0.4 is 11.1 Å². The van der Waals surface area contributed by atoms with Crippen molar-refractivity contribution in [2.75, 3.05) is 7.05 Å². The molecule has 0 heterocycles. The summed E-state index contributed by atoms with van der Waals surface area (Å²) in [6.07, 6.45) is 0.0308. The largest absolute Gasteiger partial charge is 0.352 e. The van der Waals surface area contributed by atoms with Crippen LogP contribution in [0.5, 0.6) is 0 Å². The molecule has 3 amide bonds. The van der Waals surface area contributed by atoms with Crippen molar-refractivity contribution in [3.63, 3.8) is 0 Å². The Balaban J connectivity index is 2.19. The third-order valence-corrected chi connectivity index (χ3v) is 4.59. The Morgan fingerprint density at radius 2 is 1.69 bits per heavy atom. The molecule has 0 aliphatic carbocycles. The molecule has 0 aliphatic rings. The molecule has 6 heteroatoms. The number of nitrogens with two attached hydrogens (primary N) is 1. The lowest BCUT2D eigenvalue weighted by Crippen LogP contribution is -2.38. The Morgan fingerprint density at radius 1 is 1.12 bits per heavy atom. The Kier molecular flexibility index (Phi) is 6.33. The van der Waals surface area contributed by atoms with E-state index in [9.17, 15) is 14.0 Å². The van der Waals surface area contributed by atoms with Gasteiger partial charge in [-0.25, -0.2) is 9.18 Å². The Hall–Kier alpha value is -2.89. The van der Waals surface area contributed by atoms with Crippen LogP contribution in [0.25, 0.3) is 0 Å². The first-order valence-electron chi connectivity index (χ1n) is 8.42. The average molecular weight is 357 g/mol. The maximum atomic E-state index is 14.0. The number of hydrogen-bond donors (Lipinski definition) is 2. The minimum absolute atomic E-state index is 0.0308. The maximum Gasteiger partial charge on any atom is 0.312 e. The topological polar surface area (TPSA) is 75.4 Å². The zero-order valence-electron chi connectivity index (χ0n) is 15.2. The number of aryl methyl sites for hydroxylation is 1. The average Bonchev–Trinajstić information content (AvgIpc) is 2.60. The number of nitrogens with zero attached hydrogens (tertiary/aromatic N) is 1. The summed E-state index contributed by atoms with van der Waals surface area (Å²) in [5.74, 6) is -0.576. The van der Waals surface area contributed by atoms with Crippen LogP contribution in [0.3, 0.4) is 0 Å². The molecular formula is C20H24FN3O2. The number of urea groups is 1. The number of benzene rings is 2. The van der Waals surface area contributed by atoms with Gasteiger partial charge in [0.1, 0.15) is 5.82 Å². The van der Waals surface area contributed by atoms with Gasteiger partial charge in [-0.1, -0.05) is 42.5 Å². The summed E-state index contributed by atoms with van der Waals surface area (Å²) in [6.45, 7) is 3.67. The van der Waals surface area contributed by atoms with Crippen molar-refractivity contribution < 1.29 is 14.0 Å². The summed E-state index contributed by atoms with van der Waals surface area (Å²) in [5.41, 5.74) is 7.50. The fourth-order valence-corrected chi connectivity index (χ4v) is 2.95. The van der Waals surface area contributed by atoms with Gasteiger partial charge in [0.05, 0.1) is 18.5 Å². The van der Waals surface area contributed by atoms with E-state index in [1.165, 1.54) is 11.0 Å². The predicted octanol–water partition coefficient (Wildman–Crippen LogP) is 3.45. The quantitative estimate of drug-likeness (QED) is 0.831. The van der Waals surface area contributed by atoms with Gasteiger partial charge in [-0.2, -0.15) is 0 Å². The Bertz CT molecular complexity index is 794. The number of carbonyl (C=O) groups excluding carboxylic acids is 2. The lowest BCUT2D eigenvalue weighted by Gasteiger charge is -2.28. The van der Waals surface area contributed by atoms with Crippen molar-refractivity contribution in [1.82, 2.24) is 10.2 Å². The van der Waals surface area contributed by atoms with Gasteiger partial charge in [0.2, 0.25) is 5.91 Å². The van der Waals surface area contributed by atoms with E-state index in [2.05, 4.69) is 5.32 Å². The standard InChI is InChI=1S/C20H24FN3O2/c1-13-8-4-5-9-15(13)18(23-20(22)26)12-19(25)24(3)14(2)16-10-6-7-11-17(16)21/h4-11,14,18H,12H2,1-3H3,(H3,22,23,26). The second-order valence-corrected chi connectivity index (χ2v) is 6.32. The van der Waals surface area contributed by atoms with Crippen LogP contribution in [0.1, 0.15) is 42.1 Å².